The molecule has 1 aliphatic heterocycles. The summed E-state index contributed by atoms with van der Waals surface area (Å²) in [5.74, 6) is 0.286. The van der Waals surface area contributed by atoms with Crippen molar-refractivity contribution < 1.29 is 22.4 Å². The van der Waals surface area contributed by atoms with Crippen molar-refractivity contribution in [2.24, 2.45) is 0 Å². The number of halogens is 4. The molecule has 1 aliphatic rings. The van der Waals surface area contributed by atoms with E-state index >= 15 is 0 Å². The minimum absolute atomic E-state index is 0.273. The van der Waals surface area contributed by atoms with Crippen LogP contribution in [0.25, 0.3) is 16.6 Å². The predicted molar refractivity (Wildman–Crippen MR) is 117 cm³/mol. The Morgan fingerprint density at radius 3 is 2.45 bits per heavy atom. The van der Waals surface area contributed by atoms with E-state index in [2.05, 4.69) is 10.3 Å². The first-order valence-corrected chi connectivity index (χ1v) is 10.3. The van der Waals surface area contributed by atoms with Gasteiger partial charge in [-0.05, 0) is 36.4 Å². The van der Waals surface area contributed by atoms with Crippen LogP contribution in [0.2, 0.25) is 0 Å². The molecule has 170 valence electrons. The summed E-state index contributed by atoms with van der Waals surface area (Å²) in [5, 5.41) is 2.38. The lowest BCUT2D eigenvalue weighted by atomic mass is 10.1. The van der Waals surface area contributed by atoms with Gasteiger partial charge < -0.3 is 19.5 Å². The maximum Gasteiger partial charge on any atom is 0.418 e. The van der Waals surface area contributed by atoms with Gasteiger partial charge in [-0.2, -0.15) is 13.2 Å². The molecule has 1 N–H and O–H groups in total. The number of aromatic nitrogens is 2. The third-order valence-corrected chi connectivity index (χ3v) is 5.74. The number of carbonyl (C=O) groups is 1. The number of para-hydroxylation sites is 1. The summed E-state index contributed by atoms with van der Waals surface area (Å²) < 4.78 is 55.3. The Morgan fingerprint density at radius 1 is 0.939 bits per heavy atom. The summed E-state index contributed by atoms with van der Waals surface area (Å²) in [6.07, 6.45) is -2.69. The number of benzene rings is 2. The number of anilines is 2. The third-order valence-electron chi connectivity index (χ3n) is 5.74. The van der Waals surface area contributed by atoms with E-state index in [4.69, 9.17) is 0 Å². The van der Waals surface area contributed by atoms with Gasteiger partial charge in [-0.15, -0.1) is 0 Å². The van der Waals surface area contributed by atoms with E-state index in [1.165, 1.54) is 35.2 Å². The van der Waals surface area contributed by atoms with Crippen LogP contribution in [0.15, 0.2) is 60.8 Å². The minimum Gasteiger partial charge on any atom is -0.351 e. The SMILES string of the molecule is O=C(Nc1ccccc1C(F)(F)F)N1CCN(c2nc3cc(F)ccc3n3cccc23)CC1. The molecule has 1 saturated heterocycles. The quantitative estimate of drug-likeness (QED) is 0.431. The molecule has 2 aromatic carbocycles. The molecule has 0 aliphatic carbocycles. The molecule has 4 aromatic rings. The number of hydrogen-bond acceptors (Lipinski definition) is 3. The van der Waals surface area contributed by atoms with Gasteiger partial charge >= 0.3 is 12.2 Å². The number of hydrogen-bond donors (Lipinski definition) is 1. The molecule has 2 aromatic heterocycles. The van der Waals surface area contributed by atoms with Crippen LogP contribution in [-0.2, 0) is 6.18 Å². The summed E-state index contributed by atoms with van der Waals surface area (Å²) in [6, 6.07) is 12.5. The van der Waals surface area contributed by atoms with Gasteiger partial charge in [0, 0.05) is 38.4 Å². The van der Waals surface area contributed by atoms with Crippen LogP contribution in [0.3, 0.4) is 0 Å². The van der Waals surface area contributed by atoms with Crippen molar-refractivity contribution in [3.8, 4) is 0 Å². The number of amides is 2. The van der Waals surface area contributed by atoms with Crippen molar-refractivity contribution in [1.82, 2.24) is 14.3 Å². The number of urea groups is 1. The van der Waals surface area contributed by atoms with Gasteiger partial charge in [0.1, 0.15) is 5.82 Å². The molecule has 0 atom stereocenters. The number of carbonyl (C=O) groups excluding carboxylic acids is 1. The summed E-state index contributed by atoms with van der Waals surface area (Å²) >= 11 is 0. The van der Waals surface area contributed by atoms with Crippen LogP contribution >= 0.6 is 0 Å². The second-order valence-electron chi connectivity index (χ2n) is 7.78. The van der Waals surface area contributed by atoms with Gasteiger partial charge in [0.05, 0.1) is 27.8 Å². The van der Waals surface area contributed by atoms with E-state index in [1.54, 1.807) is 6.07 Å². The van der Waals surface area contributed by atoms with E-state index in [9.17, 15) is 22.4 Å². The van der Waals surface area contributed by atoms with Crippen molar-refractivity contribution in [3.05, 3.63) is 72.2 Å². The van der Waals surface area contributed by atoms with Crippen LogP contribution in [-0.4, -0.2) is 46.5 Å². The fraction of sp³-hybridized carbons (Fsp3) is 0.217. The topological polar surface area (TPSA) is 52.9 Å². The van der Waals surface area contributed by atoms with Crippen molar-refractivity contribution in [3.63, 3.8) is 0 Å². The lowest BCUT2D eigenvalue weighted by molar-refractivity contribution is -0.136. The Bertz CT molecular complexity index is 1340. The Morgan fingerprint density at radius 2 is 1.70 bits per heavy atom. The first kappa shape index (κ1) is 21.0. The smallest absolute Gasteiger partial charge is 0.351 e. The van der Waals surface area contributed by atoms with Crippen LogP contribution in [0.4, 0.5) is 33.9 Å². The number of fused-ring (bicyclic) bond motifs is 3. The molecule has 1 fully saturated rings. The monoisotopic (exact) mass is 457 g/mol. The van der Waals surface area contributed by atoms with Gasteiger partial charge in [-0.1, -0.05) is 12.1 Å². The molecule has 2 amide bonds. The van der Waals surface area contributed by atoms with E-state index in [0.29, 0.717) is 37.5 Å². The normalized spacial score (nSPS) is 14.8. The standard InChI is InChI=1S/C23H19F4N5O/c24-15-7-8-19-18(14-15)28-21(20-6-3-9-32(19)20)30-10-12-31(13-11-30)22(33)29-17-5-2-1-4-16(17)23(25,26)27/h1-9,14H,10-13H2,(H,29,33). The minimum atomic E-state index is -4.56. The van der Waals surface area contributed by atoms with E-state index in [-0.39, 0.29) is 11.5 Å². The van der Waals surface area contributed by atoms with Crippen molar-refractivity contribution in [2.75, 3.05) is 36.4 Å². The maximum absolute atomic E-state index is 13.8. The fourth-order valence-electron chi connectivity index (χ4n) is 4.12. The molecule has 0 radical (unpaired) electrons. The fourth-order valence-corrected chi connectivity index (χ4v) is 4.12. The Kier molecular flexibility index (Phi) is 5.07. The highest BCUT2D eigenvalue weighted by molar-refractivity contribution is 5.91. The zero-order valence-corrected chi connectivity index (χ0v) is 17.3. The number of rotatable bonds is 2. The maximum atomic E-state index is 13.8. The Hall–Kier alpha value is -3.82. The zero-order chi connectivity index (χ0) is 23.2. The van der Waals surface area contributed by atoms with E-state index in [1.807, 2.05) is 27.6 Å². The molecular formula is C23H19F4N5O. The largest absolute Gasteiger partial charge is 0.418 e. The number of nitrogens with zero attached hydrogens (tertiary/aromatic N) is 4. The Balaban J connectivity index is 1.34. The van der Waals surface area contributed by atoms with Gasteiger partial charge in [-0.25, -0.2) is 14.2 Å². The van der Waals surface area contributed by atoms with Gasteiger partial charge in [0.25, 0.3) is 0 Å². The second kappa shape index (κ2) is 7.95. The van der Waals surface area contributed by atoms with Crippen LogP contribution < -0.4 is 10.2 Å². The predicted octanol–water partition coefficient (Wildman–Crippen LogP) is 5.00. The van der Waals surface area contributed by atoms with Gasteiger partial charge in [0.15, 0.2) is 5.82 Å². The van der Waals surface area contributed by atoms with E-state index in [0.717, 1.165) is 17.1 Å². The Labute approximate surface area is 186 Å². The molecule has 6 nitrogen and oxygen atoms in total. The average molecular weight is 457 g/mol. The van der Waals surface area contributed by atoms with Crippen LogP contribution in [0, 0.1) is 5.82 Å². The third kappa shape index (κ3) is 3.92. The van der Waals surface area contributed by atoms with E-state index < -0.39 is 17.8 Å². The molecular weight excluding hydrogens is 438 g/mol. The van der Waals surface area contributed by atoms with Crippen molar-refractivity contribution in [2.45, 2.75) is 6.18 Å². The number of piperazine rings is 1. The zero-order valence-electron chi connectivity index (χ0n) is 17.3. The number of nitrogens with one attached hydrogen (secondary N) is 1. The average Bonchev–Trinajstić information content (AvgIpc) is 3.28. The molecule has 10 heteroatoms. The first-order chi connectivity index (χ1) is 15.8. The summed E-state index contributed by atoms with van der Waals surface area (Å²) in [7, 11) is 0. The number of alkyl halides is 3. The first-order valence-electron chi connectivity index (χ1n) is 10.3. The molecule has 0 spiro atoms. The lowest BCUT2D eigenvalue weighted by Gasteiger charge is -2.35. The van der Waals surface area contributed by atoms with Crippen LogP contribution in [0.5, 0.6) is 0 Å². The molecule has 0 saturated carbocycles. The molecule has 5 rings (SSSR count). The van der Waals surface area contributed by atoms with Crippen LogP contribution in [0.1, 0.15) is 5.56 Å². The highest BCUT2D eigenvalue weighted by Gasteiger charge is 2.34. The van der Waals surface area contributed by atoms with Crippen molar-refractivity contribution in [1.29, 1.82) is 0 Å². The molecule has 0 bridgehead atoms. The molecule has 0 unspecified atom stereocenters. The highest BCUT2D eigenvalue weighted by Crippen LogP contribution is 2.34. The molecule has 3 heterocycles. The van der Waals surface area contributed by atoms with Gasteiger partial charge in [-0.3, -0.25) is 0 Å². The second-order valence-corrected chi connectivity index (χ2v) is 7.78. The lowest BCUT2D eigenvalue weighted by Crippen LogP contribution is -2.50. The summed E-state index contributed by atoms with van der Waals surface area (Å²) in [6.45, 7) is 1.47. The summed E-state index contributed by atoms with van der Waals surface area (Å²) in [5.41, 5.74) is 0.982. The van der Waals surface area contributed by atoms with Gasteiger partial charge in [0.2, 0.25) is 0 Å². The van der Waals surface area contributed by atoms with Crippen molar-refractivity contribution >= 4 is 34.1 Å². The molecule has 33 heavy (non-hydrogen) atoms. The highest BCUT2D eigenvalue weighted by atomic mass is 19.4. The summed E-state index contributed by atoms with van der Waals surface area (Å²) in [4.78, 5) is 20.8.